The zero-order valence-electron chi connectivity index (χ0n) is 20.7. The molecule has 1 amide bonds. The molecule has 2 aromatic heterocycles. The first-order valence-corrected chi connectivity index (χ1v) is 13.7. The number of anilines is 1. The Morgan fingerprint density at radius 2 is 1.66 bits per heavy atom. The minimum absolute atomic E-state index is 0.0360. The normalized spacial score (nSPS) is 11.0. The van der Waals surface area contributed by atoms with Crippen LogP contribution in [0.5, 0.6) is 0 Å². The van der Waals surface area contributed by atoms with Gasteiger partial charge in [0.15, 0.2) is 5.65 Å². The van der Waals surface area contributed by atoms with Gasteiger partial charge in [-0.2, -0.15) is 9.61 Å². The molecule has 0 saturated heterocycles. The highest BCUT2D eigenvalue weighted by Gasteiger charge is 2.14. The van der Waals surface area contributed by atoms with Crippen LogP contribution in [0.4, 0.5) is 5.82 Å². The monoisotopic (exact) mass is 587 g/mol. The summed E-state index contributed by atoms with van der Waals surface area (Å²) < 4.78 is 2.58. The molecule has 8 heteroatoms. The average Bonchev–Trinajstić information content (AvgIpc) is 3.32. The largest absolute Gasteiger partial charge is 0.370 e. The van der Waals surface area contributed by atoms with Crippen LogP contribution in [0.3, 0.4) is 0 Å². The fraction of sp³-hybridized carbons (Fsp3) is 0.167. The third-order valence-corrected chi connectivity index (χ3v) is 7.16. The molecule has 2 N–H and O–H groups in total. The average molecular weight is 589 g/mol. The van der Waals surface area contributed by atoms with E-state index in [9.17, 15) is 4.79 Å². The number of carbonyl (C=O) groups is 1. The highest BCUT2D eigenvalue weighted by Crippen LogP contribution is 2.30. The molecule has 0 bridgehead atoms. The molecule has 3 aromatic carbocycles. The molecule has 0 aliphatic carbocycles. The lowest BCUT2D eigenvalue weighted by atomic mass is 9.99. The minimum Gasteiger partial charge on any atom is -0.370 e. The SMILES string of the molecule is O=C(NCCCCNc1cc(-c2ccccc2Cl)nc2c(Br)cnn12)c1ccccc1Cc1ccccc1. The molecule has 0 aliphatic rings. The van der Waals surface area contributed by atoms with Crippen molar-refractivity contribution in [2.75, 3.05) is 18.4 Å². The third kappa shape index (κ3) is 6.06. The van der Waals surface area contributed by atoms with Crippen molar-refractivity contribution in [2.24, 2.45) is 0 Å². The van der Waals surface area contributed by atoms with E-state index in [-0.39, 0.29) is 5.91 Å². The van der Waals surface area contributed by atoms with E-state index in [1.807, 2.05) is 72.8 Å². The maximum Gasteiger partial charge on any atom is 0.251 e. The molecule has 0 atom stereocenters. The van der Waals surface area contributed by atoms with Crippen molar-refractivity contribution in [3.63, 3.8) is 0 Å². The number of benzene rings is 3. The molecule has 0 radical (unpaired) electrons. The van der Waals surface area contributed by atoms with Gasteiger partial charge in [-0.3, -0.25) is 4.79 Å². The summed E-state index contributed by atoms with van der Waals surface area (Å²) in [6.07, 6.45) is 4.18. The zero-order chi connectivity index (χ0) is 26.3. The quantitative estimate of drug-likeness (QED) is 0.172. The second-order valence-corrected chi connectivity index (χ2v) is 10.2. The van der Waals surface area contributed by atoms with Gasteiger partial charge in [0.1, 0.15) is 5.82 Å². The van der Waals surface area contributed by atoms with E-state index in [1.54, 1.807) is 10.7 Å². The number of amides is 1. The van der Waals surface area contributed by atoms with Gasteiger partial charge in [0, 0.05) is 35.3 Å². The number of hydrogen-bond donors (Lipinski definition) is 2. The zero-order valence-corrected chi connectivity index (χ0v) is 23.0. The van der Waals surface area contributed by atoms with Crippen LogP contribution in [0.25, 0.3) is 16.9 Å². The Balaban J connectivity index is 1.17. The summed E-state index contributed by atoms with van der Waals surface area (Å²) in [5.74, 6) is 0.792. The van der Waals surface area contributed by atoms with Crippen LogP contribution in [-0.4, -0.2) is 33.6 Å². The lowest BCUT2D eigenvalue weighted by Crippen LogP contribution is -2.26. The molecular formula is C30H27BrClN5O. The maximum absolute atomic E-state index is 12.9. The van der Waals surface area contributed by atoms with Gasteiger partial charge in [0.2, 0.25) is 0 Å². The van der Waals surface area contributed by atoms with E-state index in [2.05, 4.69) is 43.8 Å². The van der Waals surface area contributed by atoms with E-state index < -0.39 is 0 Å². The summed E-state index contributed by atoms with van der Waals surface area (Å²) in [6.45, 7) is 1.32. The standard InChI is InChI=1S/C30H27BrClN5O/c31-25-20-35-37-28(19-27(36-29(25)37)24-14-6-7-15-26(24)32)33-16-8-9-17-34-30(38)23-13-5-4-12-22(23)18-21-10-2-1-3-11-21/h1-7,10-15,19-20,33H,8-9,16-18H2,(H,34,38). The van der Waals surface area contributed by atoms with Crippen molar-refractivity contribution in [3.8, 4) is 11.3 Å². The van der Waals surface area contributed by atoms with Gasteiger partial charge in [0.25, 0.3) is 5.91 Å². The number of unbranched alkanes of at least 4 members (excludes halogenated alkanes) is 1. The van der Waals surface area contributed by atoms with Crippen LogP contribution >= 0.6 is 27.5 Å². The van der Waals surface area contributed by atoms with Gasteiger partial charge in [-0.25, -0.2) is 4.98 Å². The van der Waals surface area contributed by atoms with Crippen LogP contribution in [0, 0.1) is 0 Å². The molecule has 0 unspecified atom stereocenters. The summed E-state index contributed by atoms with van der Waals surface area (Å²) in [4.78, 5) is 17.6. The smallest absolute Gasteiger partial charge is 0.251 e. The predicted octanol–water partition coefficient (Wildman–Crippen LogP) is 7.03. The molecule has 5 rings (SSSR count). The van der Waals surface area contributed by atoms with Crippen LogP contribution in [-0.2, 0) is 6.42 Å². The Hall–Kier alpha value is -3.68. The fourth-order valence-electron chi connectivity index (χ4n) is 4.34. The van der Waals surface area contributed by atoms with E-state index in [0.29, 0.717) is 17.2 Å². The molecule has 192 valence electrons. The summed E-state index contributed by atoms with van der Waals surface area (Å²) in [7, 11) is 0. The van der Waals surface area contributed by atoms with Crippen molar-refractivity contribution in [2.45, 2.75) is 19.3 Å². The van der Waals surface area contributed by atoms with Gasteiger partial charge in [-0.1, -0.05) is 78.3 Å². The Morgan fingerprint density at radius 1 is 0.921 bits per heavy atom. The summed E-state index contributed by atoms with van der Waals surface area (Å²) in [5.41, 5.74) is 5.29. The number of halogens is 2. The van der Waals surface area contributed by atoms with Crippen LogP contribution in [0.1, 0.15) is 34.3 Å². The van der Waals surface area contributed by atoms with Gasteiger partial charge >= 0.3 is 0 Å². The molecule has 0 saturated carbocycles. The third-order valence-electron chi connectivity index (χ3n) is 6.27. The summed E-state index contributed by atoms with van der Waals surface area (Å²) in [6, 6.07) is 27.6. The molecule has 5 aromatic rings. The highest BCUT2D eigenvalue weighted by molar-refractivity contribution is 9.10. The number of aromatic nitrogens is 3. The topological polar surface area (TPSA) is 71.3 Å². The van der Waals surface area contributed by atoms with Gasteiger partial charge in [-0.05, 0) is 58.5 Å². The molecule has 0 aliphatic heterocycles. The first kappa shape index (κ1) is 25.9. The van der Waals surface area contributed by atoms with Crippen molar-refractivity contribution >= 4 is 44.9 Å². The van der Waals surface area contributed by atoms with E-state index >= 15 is 0 Å². The molecular weight excluding hydrogens is 562 g/mol. The van der Waals surface area contributed by atoms with Gasteiger partial charge in [0.05, 0.1) is 16.4 Å². The second-order valence-electron chi connectivity index (χ2n) is 8.94. The van der Waals surface area contributed by atoms with Crippen molar-refractivity contribution in [1.29, 1.82) is 0 Å². The van der Waals surface area contributed by atoms with Gasteiger partial charge in [-0.15, -0.1) is 0 Å². The molecule has 0 spiro atoms. The molecule has 38 heavy (non-hydrogen) atoms. The maximum atomic E-state index is 12.9. The molecule has 6 nitrogen and oxygen atoms in total. The summed E-state index contributed by atoms with van der Waals surface area (Å²) >= 11 is 9.97. The first-order chi connectivity index (χ1) is 18.6. The number of rotatable bonds is 10. The fourth-order valence-corrected chi connectivity index (χ4v) is 4.92. The Morgan fingerprint density at radius 3 is 2.50 bits per heavy atom. The Kier molecular flexibility index (Phi) is 8.36. The number of carbonyl (C=O) groups excluding carboxylic acids is 1. The molecule has 0 fully saturated rings. The predicted molar refractivity (Wildman–Crippen MR) is 157 cm³/mol. The van der Waals surface area contributed by atoms with E-state index in [0.717, 1.165) is 58.5 Å². The van der Waals surface area contributed by atoms with Crippen molar-refractivity contribution in [1.82, 2.24) is 19.9 Å². The van der Waals surface area contributed by atoms with Crippen molar-refractivity contribution < 1.29 is 4.79 Å². The van der Waals surface area contributed by atoms with Gasteiger partial charge < -0.3 is 10.6 Å². The van der Waals surface area contributed by atoms with E-state index in [4.69, 9.17) is 16.6 Å². The number of fused-ring (bicyclic) bond motifs is 1. The number of nitrogens with one attached hydrogen (secondary N) is 2. The Labute approximate surface area is 235 Å². The number of nitrogens with zero attached hydrogens (tertiary/aromatic N) is 3. The van der Waals surface area contributed by atoms with Crippen LogP contribution < -0.4 is 10.6 Å². The van der Waals surface area contributed by atoms with Crippen molar-refractivity contribution in [3.05, 3.63) is 117 Å². The molecule has 2 heterocycles. The minimum atomic E-state index is -0.0360. The highest BCUT2D eigenvalue weighted by atomic mass is 79.9. The second kappa shape index (κ2) is 12.2. The van der Waals surface area contributed by atoms with Crippen LogP contribution in [0.15, 0.2) is 95.6 Å². The summed E-state index contributed by atoms with van der Waals surface area (Å²) in [5, 5.41) is 11.6. The lowest BCUT2D eigenvalue weighted by molar-refractivity contribution is 0.0952. The lowest BCUT2D eigenvalue weighted by Gasteiger charge is -2.12. The number of hydrogen-bond acceptors (Lipinski definition) is 4. The van der Waals surface area contributed by atoms with Crippen LogP contribution in [0.2, 0.25) is 5.02 Å². The first-order valence-electron chi connectivity index (χ1n) is 12.5. The van der Waals surface area contributed by atoms with E-state index in [1.165, 1.54) is 5.56 Å². The Bertz CT molecular complexity index is 1550.